The summed E-state index contributed by atoms with van der Waals surface area (Å²) in [6.07, 6.45) is 10.9. The third-order valence-electron chi connectivity index (χ3n) is 7.33. The average Bonchev–Trinajstić information content (AvgIpc) is 3.64. The second-order valence-corrected chi connectivity index (χ2v) is 14.1. The number of halogens is 1. The summed E-state index contributed by atoms with van der Waals surface area (Å²) in [6, 6.07) is 14.8. The SMILES string of the molecule is C=C/C(=C\C(=C/C)c1ccc2[nH]nc(-c3nc4c(-c5cc(F)cc(CNS(=C)(=C)C)c5)cccc4[nH]3)c2n1)NC(=C)CCCC. The molecule has 0 saturated carbocycles. The van der Waals surface area contributed by atoms with Crippen molar-refractivity contribution in [3.63, 3.8) is 0 Å². The molecule has 5 aromatic rings. The fraction of sp³-hybridized carbons (Fsp3) is 0.194. The second kappa shape index (κ2) is 13.5. The number of allylic oxidation sites excluding steroid dienone is 5. The zero-order valence-corrected chi connectivity index (χ0v) is 27.0. The molecule has 0 radical (unpaired) electrons. The van der Waals surface area contributed by atoms with Crippen LogP contribution in [0, 0.1) is 5.82 Å². The number of fused-ring (bicyclic) bond motifs is 2. The van der Waals surface area contributed by atoms with Crippen molar-refractivity contribution in [2.45, 2.75) is 39.7 Å². The third-order valence-corrected chi connectivity index (χ3v) is 8.17. The van der Waals surface area contributed by atoms with Gasteiger partial charge in [0.1, 0.15) is 11.3 Å². The summed E-state index contributed by atoms with van der Waals surface area (Å²) >= 11 is 0. The number of H-pyrrole nitrogens is 2. The minimum absolute atomic E-state index is 0.314. The molecule has 0 bridgehead atoms. The number of para-hydroxylation sites is 1. The van der Waals surface area contributed by atoms with E-state index in [9.17, 15) is 4.39 Å². The topological polar surface area (TPSA) is 94.3 Å². The largest absolute Gasteiger partial charge is 0.359 e. The fourth-order valence-corrected chi connectivity index (χ4v) is 5.56. The van der Waals surface area contributed by atoms with Gasteiger partial charge in [0, 0.05) is 23.5 Å². The first-order valence-electron chi connectivity index (χ1n) is 14.9. The van der Waals surface area contributed by atoms with Gasteiger partial charge in [-0.1, -0.05) is 56.5 Å². The Labute approximate surface area is 264 Å². The van der Waals surface area contributed by atoms with Crippen molar-refractivity contribution in [3.8, 4) is 22.6 Å². The lowest BCUT2D eigenvalue weighted by Gasteiger charge is -2.12. The van der Waals surface area contributed by atoms with E-state index >= 15 is 0 Å². The van der Waals surface area contributed by atoms with Gasteiger partial charge < -0.3 is 10.3 Å². The van der Waals surface area contributed by atoms with E-state index in [1.807, 2.05) is 61.7 Å². The van der Waals surface area contributed by atoms with Crippen LogP contribution in [-0.4, -0.2) is 43.1 Å². The van der Waals surface area contributed by atoms with Gasteiger partial charge >= 0.3 is 0 Å². The molecule has 3 aromatic heterocycles. The Morgan fingerprint density at radius 3 is 2.62 bits per heavy atom. The van der Waals surface area contributed by atoms with Crippen molar-refractivity contribution >= 4 is 48.8 Å². The molecule has 9 heteroatoms. The van der Waals surface area contributed by atoms with Crippen LogP contribution in [0.5, 0.6) is 0 Å². The standard InChI is InChI=1S/C36H40FN7S/c1-8-11-13-23(4)39-28(10-3)21-25(9-2)30-16-17-32-34(40-30)35(44-43-32)36-41-31-15-12-14-29(33(31)42-36)26-18-24(19-27(37)20-26)22-38-45(5,6)7/h9-10,12,14-21,38-39H,3-6,8,11,13,22H2,1-2,7H3,(H,41,42)(H,43,44)/b25-9+,28-21+. The lowest BCUT2D eigenvalue weighted by molar-refractivity contribution is 0.625. The molecule has 0 aliphatic carbocycles. The molecule has 7 nitrogen and oxygen atoms in total. The summed E-state index contributed by atoms with van der Waals surface area (Å²) in [5, 5.41) is 11.0. The summed E-state index contributed by atoms with van der Waals surface area (Å²) < 4.78 is 18.1. The highest BCUT2D eigenvalue weighted by molar-refractivity contribution is 8.25. The number of hydrogen-bond donors (Lipinski definition) is 4. The van der Waals surface area contributed by atoms with Gasteiger partial charge in [0.05, 0.1) is 22.2 Å². The zero-order chi connectivity index (χ0) is 32.1. The van der Waals surface area contributed by atoms with Crippen LogP contribution in [0.4, 0.5) is 4.39 Å². The van der Waals surface area contributed by atoms with Crippen molar-refractivity contribution in [2.24, 2.45) is 0 Å². The van der Waals surface area contributed by atoms with E-state index in [0.29, 0.717) is 23.6 Å². The fourth-order valence-electron chi connectivity index (χ4n) is 5.04. The Morgan fingerprint density at radius 2 is 1.89 bits per heavy atom. The van der Waals surface area contributed by atoms with Gasteiger partial charge in [-0.15, -0.1) is 0 Å². The van der Waals surface area contributed by atoms with Crippen LogP contribution >= 0.6 is 9.39 Å². The number of pyridine rings is 1. The Bertz CT molecular complexity index is 2060. The molecule has 0 spiro atoms. The van der Waals surface area contributed by atoms with Crippen molar-refractivity contribution in [2.75, 3.05) is 6.26 Å². The van der Waals surface area contributed by atoms with E-state index in [0.717, 1.165) is 75.2 Å². The van der Waals surface area contributed by atoms with Crippen molar-refractivity contribution in [3.05, 3.63) is 108 Å². The first-order chi connectivity index (χ1) is 21.6. The molecular weight excluding hydrogens is 582 g/mol. The Morgan fingerprint density at radius 1 is 1.07 bits per heavy atom. The maximum Gasteiger partial charge on any atom is 0.161 e. The maximum atomic E-state index is 14.8. The molecular formula is C36H40FN7S. The quantitative estimate of drug-likeness (QED) is 0.0783. The smallest absolute Gasteiger partial charge is 0.161 e. The molecule has 3 heterocycles. The predicted octanol–water partition coefficient (Wildman–Crippen LogP) is 8.38. The summed E-state index contributed by atoms with van der Waals surface area (Å²) in [5.41, 5.74) is 9.49. The number of imidazole rings is 1. The monoisotopic (exact) mass is 621 g/mol. The highest BCUT2D eigenvalue weighted by atomic mass is 32.2. The van der Waals surface area contributed by atoms with E-state index in [2.05, 4.69) is 57.0 Å². The number of benzene rings is 2. The van der Waals surface area contributed by atoms with E-state index in [1.165, 1.54) is 12.1 Å². The number of hydrogen-bond acceptors (Lipinski definition) is 5. The van der Waals surface area contributed by atoms with Gasteiger partial charge in [0.15, 0.2) is 11.5 Å². The Kier molecular flexibility index (Phi) is 9.51. The normalized spacial score (nSPS) is 12.6. The van der Waals surface area contributed by atoms with Gasteiger partial charge in [-0.05, 0) is 91.3 Å². The minimum atomic E-state index is -1.44. The molecule has 0 atom stereocenters. The van der Waals surface area contributed by atoms with Crippen LogP contribution in [0.25, 0.3) is 50.3 Å². The van der Waals surface area contributed by atoms with Crippen LogP contribution in [0.3, 0.4) is 0 Å². The van der Waals surface area contributed by atoms with Gasteiger partial charge in [-0.25, -0.2) is 14.4 Å². The zero-order valence-electron chi connectivity index (χ0n) is 26.1. The first-order valence-corrected chi connectivity index (χ1v) is 17.2. The van der Waals surface area contributed by atoms with Gasteiger partial charge in [0.2, 0.25) is 0 Å². The van der Waals surface area contributed by atoms with Crippen molar-refractivity contribution < 1.29 is 4.39 Å². The van der Waals surface area contributed by atoms with E-state index in [4.69, 9.17) is 9.97 Å². The molecule has 4 N–H and O–H groups in total. The van der Waals surface area contributed by atoms with Gasteiger partial charge in [0.25, 0.3) is 0 Å². The highest BCUT2D eigenvalue weighted by Crippen LogP contribution is 2.32. The lowest BCUT2D eigenvalue weighted by Crippen LogP contribution is -2.10. The number of aromatic nitrogens is 5. The van der Waals surface area contributed by atoms with Gasteiger partial charge in [-0.2, -0.15) is 14.5 Å². The van der Waals surface area contributed by atoms with Crippen LogP contribution in [0.15, 0.2) is 91.3 Å². The first kappa shape index (κ1) is 31.7. The summed E-state index contributed by atoms with van der Waals surface area (Å²) in [5.74, 6) is 8.37. The number of aromatic amines is 2. The molecule has 0 amide bonds. The molecule has 0 saturated heterocycles. The second-order valence-electron chi connectivity index (χ2n) is 11.3. The predicted molar refractivity (Wildman–Crippen MR) is 193 cm³/mol. The average molecular weight is 622 g/mol. The molecule has 2 aromatic carbocycles. The third kappa shape index (κ3) is 7.50. The molecule has 232 valence electrons. The number of nitrogens with zero attached hydrogens (tertiary/aromatic N) is 3. The molecule has 45 heavy (non-hydrogen) atoms. The van der Waals surface area contributed by atoms with Crippen LogP contribution in [0.1, 0.15) is 44.4 Å². The number of nitrogens with one attached hydrogen (secondary N) is 4. The van der Waals surface area contributed by atoms with Gasteiger partial charge in [-0.3, -0.25) is 9.82 Å². The molecule has 0 unspecified atom stereocenters. The van der Waals surface area contributed by atoms with Crippen molar-refractivity contribution in [1.82, 2.24) is 35.2 Å². The molecule has 0 aliphatic heterocycles. The number of rotatable bonds is 13. The van der Waals surface area contributed by atoms with Crippen molar-refractivity contribution in [1.29, 1.82) is 0 Å². The molecule has 5 rings (SSSR count). The minimum Gasteiger partial charge on any atom is -0.359 e. The van der Waals surface area contributed by atoms with E-state index in [1.54, 1.807) is 6.08 Å². The summed E-state index contributed by atoms with van der Waals surface area (Å²) in [7, 11) is -1.44. The maximum absolute atomic E-state index is 14.8. The number of unbranched alkanes of at least 4 members (excludes halogenated alkanes) is 1. The molecule has 0 aliphatic rings. The van der Waals surface area contributed by atoms with E-state index in [-0.39, 0.29) is 5.82 Å². The van der Waals surface area contributed by atoms with Crippen LogP contribution in [0.2, 0.25) is 0 Å². The summed E-state index contributed by atoms with van der Waals surface area (Å²) in [4.78, 5) is 13.3. The van der Waals surface area contributed by atoms with Crippen LogP contribution < -0.4 is 10.0 Å². The van der Waals surface area contributed by atoms with Crippen LogP contribution in [-0.2, 0) is 6.54 Å². The molecule has 0 fully saturated rings. The lowest BCUT2D eigenvalue weighted by atomic mass is 10.0. The summed E-state index contributed by atoms with van der Waals surface area (Å²) in [6.45, 7) is 12.7. The Balaban J connectivity index is 1.51. The highest BCUT2D eigenvalue weighted by Gasteiger charge is 2.17. The Hall–Kier alpha value is -4.73. The van der Waals surface area contributed by atoms with E-state index < -0.39 is 9.39 Å².